The van der Waals surface area contributed by atoms with Gasteiger partial charge in [0.1, 0.15) is 28.7 Å². The first-order valence-corrected chi connectivity index (χ1v) is 14.2. The molecule has 2 aliphatic carbocycles. The van der Waals surface area contributed by atoms with Gasteiger partial charge in [-0.25, -0.2) is 15.0 Å². The summed E-state index contributed by atoms with van der Waals surface area (Å²) in [5.41, 5.74) is 10.5. The van der Waals surface area contributed by atoms with E-state index in [1.165, 1.54) is 0 Å². The van der Waals surface area contributed by atoms with Crippen molar-refractivity contribution in [3.8, 4) is 11.3 Å². The van der Waals surface area contributed by atoms with Gasteiger partial charge in [0.25, 0.3) is 11.8 Å². The Bertz CT molecular complexity index is 1820. The normalized spacial score (nSPS) is 21.0. The SMILES string of the molecule is Cc1ccnc(NC(=O)c2ccc(-c3nc(C45CCC(NC(=O)c6ccccc6)(CC4)C5)n4ccnc(N)c34)cc2)c1. The number of nitrogens with two attached hydrogens (primary N) is 1. The molecule has 3 heterocycles. The van der Waals surface area contributed by atoms with Crippen LogP contribution in [0.2, 0.25) is 0 Å². The molecule has 0 saturated heterocycles. The van der Waals surface area contributed by atoms with Gasteiger partial charge in [-0.15, -0.1) is 0 Å². The second-order valence-electron chi connectivity index (χ2n) is 11.6. The van der Waals surface area contributed by atoms with Crippen LogP contribution < -0.4 is 16.4 Å². The predicted molar refractivity (Wildman–Crippen MR) is 161 cm³/mol. The van der Waals surface area contributed by atoms with E-state index in [1.807, 2.05) is 67.7 Å². The number of pyridine rings is 1. The molecule has 2 aromatic carbocycles. The van der Waals surface area contributed by atoms with Crippen LogP contribution in [0.25, 0.3) is 16.8 Å². The van der Waals surface area contributed by atoms with E-state index >= 15 is 0 Å². The Hall–Kier alpha value is -5.05. The standard InChI is InChI=1S/C33H31N7O2/c1-21-11-16-35-25(19-21)37-29(41)24-9-7-22(8-10-24)26-27-28(34)36-17-18-40(27)31(38-26)32-12-14-33(20-32,15-13-32)39-30(42)23-5-3-2-4-6-23/h2-11,16-19H,12-15,20H2,1H3,(H2,34,36)(H,39,42)(H,35,37,41). The van der Waals surface area contributed by atoms with Crippen LogP contribution in [-0.2, 0) is 5.41 Å². The number of rotatable bonds is 6. The number of hydrogen-bond acceptors (Lipinski definition) is 6. The minimum Gasteiger partial charge on any atom is -0.382 e. The molecule has 9 nitrogen and oxygen atoms in total. The van der Waals surface area contributed by atoms with E-state index < -0.39 is 0 Å². The van der Waals surface area contributed by atoms with Gasteiger partial charge in [0, 0.05) is 46.2 Å². The maximum Gasteiger partial charge on any atom is 0.256 e. The molecule has 2 amide bonds. The van der Waals surface area contributed by atoms with Crippen molar-refractivity contribution in [1.82, 2.24) is 24.7 Å². The number of nitrogen functional groups attached to an aromatic ring is 1. The number of carbonyl (C=O) groups excluding carboxylic acids is 2. The van der Waals surface area contributed by atoms with E-state index in [0.717, 1.165) is 60.3 Å². The molecule has 9 heteroatoms. The van der Waals surface area contributed by atoms with Crippen molar-refractivity contribution >= 4 is 29.0 Å². The summed E-state index contributed by atoms with van der Waals surface area (Å²) in [6, 6.07) is 20.4. The highest BCUT2D eigenvalue weighted by molar-refractivity contribution is 6.04. The van der Waals surface area contributed by atoms with Gasteiger partial charge in [0.15, 0.2) is 0 Å². The monoisotopic (exact) mass is 557 g/mol. The summed E-state index contributed by atoms with van der Waals surface area (Å²) in [4.78, 5) is 39.7. The van der Waals surface area contributed by atoms with Crippen LogP contribution in [0.3, 0.4) is 0 Å². The Morgan fingerprint density at radius 1 is 0.881 bits per heavy atom. The van der Waals surface area contributed by atoms with Crippen LogP contribution in [-0.4, -0.2) is 36.7 Å². The van der Waals surface area contributed by atoms with E-state index in [1.54, 1.807) is 24.5 Å². The van der Waals surface area contributed by atoms with Crippen LogP contribution in [0.15, 0.2) is 85.3 Å². The fourth-order valence-electron chi connectivity index (χ4n) is 6.79. The number of hydrogen-bond donors (Lipinski definition) is 3. The molecule has 5 aromatic rings. The van der Waals surface area contributed by atoms with E-state index in [2.05, 4.69) is 25.0 Å². The molecule has 0 aliphatic heterocycles. The van der Waals surface area contributed by atoms with Gasteiger partial charge in [-0.3, -0.25) is 14.0 Å². The zero-order valence-corrected chi connectivity index (χ0v) is 23.3. The van der Waals surface area contributed by atoms with Crippen LogP contribution in [0, 0.1) is 6.92 Å². The molecule has 0 unspecified atom stereocenters. The van der Waals surface area contributed by atoms with Gasteiger partial charge in [-0.2, -0.15) is 0 Å². The molecule has 210 valence electrons. The molecule has 2 fully saturated rings. The quantitative estimate of drug-likeness (QED) is 0.259. The zero-order valence-electron chi connectivity index (χ0n) is 23.3. The minimum absolute atomic E-state index is 0.0299. The van der Waals surface area contributed by atoms with Crippen molar-refractivity contribution in [3.05, 3.63) is 108 Å². The maximum atomic E-state index is 13.1. The molecule has 4 N–H and O–H groups in total. The highest BCUT2D eigenvalue weighted by Crippen LogP contribution is 2.57. The molecular formula is C33H31N7O2. The summed E-state index contributed by atoms with van der Waals surface area (Å²) in [6.45, 7) is 1.95. The summed E-state index contributed by atoms with van der Waals surface area (Å²) >= 11 is 0. The Labute approximate surface area is 243 Å². The van der Waals surface area contributed by atoms with E-state index in [4.69, 9.17) is 10.7 Å². The molecule has 2 aliphatic rings. The lowest BCUT2D eigenvalue weighted by Gasteiger charge is -2.28. The van der Waals surface area contributed by atoms with Gasteiger partial charge in [0.05, 0.1) is 0 Å². The second-order valence-corrected chi connectivity index (χ2v) is 11.6. The van der Waals surface area contributed by atoms with Crippen molar-refractivity contribution in [1.29, 1.82) is 0 Å². The van der Waals surface area contributed by atoms with E-state index in [9.17, 15) is 9.59 Å². The van der Waals surface area contributed by atoms with Gasteiger partial charge in [-0.1, -0.05) is 30.3 Å². The number of aromatic nitrogens is 4. The van der Waals surface area contributed by atoms with Gasteiger partial charge in [0.2, 0.25) is 0 Å². The smallest absolute Gasteiger partial charge is 0.256 e. The average Bonchev–Trinajstić information content (AvgIpc) is 3.69. The largest absolute Gasteiger partial charge is 0.382 e. The third-order valence-corrected chi connectivity index (χ3v) is 8.89. The predicted octanol–water partition coefficient (Wildman–Crippen LogP) is 5.32. The molecule has 42 heavy (non-hydrogen) atoms. The van der Waals surface area contributed by atoms with Crippen LogP contribution in [0.1, 0.15) is 64.2 Å². The summed E-state index contributed by atoms with van der Waals surface area (Å²) in [6.07, 6.45) is 9.77. The lowest BCUT2D eigenvalue weighted by Crippen LogP contribution is -2.45. The third-order valence-electron chi connectivity index (χ3n) is 8.89. The van der Waals surface area contributed by atoms with Crippen LogP contribution in [0.5, 0.6) is 0 Å². The average molecular weight is 558 g/mol. The van der Waals surface area contributed by atoms with Crippen molar-refractivity contribution < 1.29 is 9.59 Å². The Morgan fingerprint density at radius 2 is 1.62 bits per heavy atom. The zero-order chi connectivity index (χ0) is 28.9. The fraction of sp³-hybridized carbons (Fsp3) is 0.242. The Morgan fingerprint density at radius 3 is 2.36 bits per heavy atom. The molecule has 7 rings (SSSR count). The van der Waals surface area contributed by atoms with Crippen molar-refractivity contribution in [2.75, 3.05) is 11.1 Å². The van der Waals surface area contributed by atoms with Gasteiger partial charge < -0.3 is 16.4 Å². The number of fused-ring (bicyclic) bond motifs is 3. The second kappa shape index (κ2) is 9.80. The number of imidazole rings is 1. The Kier molecular flexibility index (Phi) is 6.04. The number of nitrogens with one attached hydrogen (secondary N) is 2. The van der Waals surface area contributed by atoms with Crippen LogP contribution in [0.4, 0.5) is 11.6 Å². The first-order chi connectivity index (χ1) is 20.3. The van der Waals surface area contributed by atoms with Crippen molar-refractivity contribution in [2.45, 2.75) is 50.0 Å². The fourth-order valence-corrected chi connectivity index (χ4v) is 6.79. The Balaban J connectivity index is 1.19. The number of carbonyl (C=O) groups is 2. The van der Waals surface area contributed by atoms with Gasteiger partial charge >= 0.3 is 0 Å². The highest BCUT2D eigenvalue weighted by atomic mass is 16.2. The molecule has 0 radical (unpaired) electrons. The topological polar surface area (TPSA) is 127 Å². The molecule has 0 spiro atoms. The molecular weight excluding hydrogens is 526 g/mol. The summed E-state index contributed by atoms with van der Waals surface area (Å²) < 4.78 is 2.07. The lowest BCUT2D eigenvalue weighted by molar-refractivity contribution is 0.0900. The molecule has 2 saturated carbocycles. The molecule has 0 atom stereocenters. The first-order valence-electron chi connectivity index (χ1n) is 14.2. The number of nitrogens with zero attached hydrogens (tertiary/aromatic N) is 4. The summed E-state index contributed by atoms with van der Waals surface area (Å²) in [5.74, 6) is 1.59. The van der Waals surface area contributed by atoms with Gasteiger partial charge in [-0.05, 0) is 81.0 Å². The minimum atomic E-state index is -0.251. The highest BCUT2D eigenvalue weighted by Gasteiger charge is 2.57. The number of amides is 2. The summed E-state index contributed by atoms with van der Waals surface area (Å²) in [7, 11) is 0. The first kappa shape index (κ1) is 25.9. The summed E-state index contributed by atoms with van der Waals surface area (Å²) in [5, 5.41) is 6.23. The van der Waals surface area contributed by atoms with Crippen molar-refractivity contribution in [2.24, 2.45) is 0 Å². The maximum absolute atomic E-state index is 13.1. The number of anilines is 2. The molecule has 2 bridgehead atoms. The third kappa shape index (κ3) is 4.38. The number of aryl methyl sites for hydroxylation is 1. The van der Waals surface area contributed by atoms with E-state index in [0.29, 0.717) is 22.8 Å². The number of benzene rings is 2. The van der Waals surface area contributed by atoms with Crippen molar-refractivity contribution in [3.63, 3.8) is 0 Å². The molecule has 3 aromatic heterocycles. The van der Waals surface area contributed by atoms with Crippen LogP contribution >= 0.6 is 0 Å². The van der Waals surface area contributed by atoms with E-state index in [-0.39, 0.29) is 22.8 Å². The lowest BCUT2D eigenvalue weighted by atomic mass is 9.83.